The number of aliphatic hydroxyl groups excluding tert-OH is 1. The van der Waals surface area contributed by atoms with Crippen LogP contribution in [0.25, 0.3) is 0 Å². The van der Waals surface area contributed by atoms with Crippen LogP contribution in [-0.4, -0.2) is 38.1 Å². The number of rotatable bonds is 13. The Kier molecular flexibility index (Phi) is 9.55. The van der Waals surface area contributed by atoms with Gasteiger partial charge in [-0.2, -0.15) is 0 Å². The van der Waals surface area contributed by atoms with Gasteiger partial charge in [0.15, 0.2) is 0 Å². The van der Waals surface area contributed by atoms with E-state index in [2.05, 4.69) is 24.3 Å². The second-order valence-electron chi connectivity index (χ2n) is 9.48. The Bertz CT molecular complexity index is 1180. The molecule has 0 amide bonds. The van der Waals surface area contributed by atoms with Gasteiger partial charge in [-0.25, -0.2) is 0 Å². The Balaban J connectivity index is 1.59. The normalized spacial score (nSPS) is 13.1. The lowest BCUT2D eigenvalue weighted by molar-refractivity contribution is -0.00711. The fourth-order valence-corrected chi connectivity index (χ4v) is 4.89. The van der Waals surface area contributed by atoms with Crippen LogP contribution >= 0.6 is 0 Å². The minimum absolute atomic E-state index is 0.130. The number of benzene rings is 4. The largest absolute Gasteiger partial charge is 0.497 e. The molecule has 2 unspecified atom stereocenters. The van der Waals surface area contributed by atoms with Crippen molar-refractivity contribution in [2.24, 2.45) is 5.73 Å². The van der Waals surface area contributed by atoms with Crippen molar-refractivity contribution >= 4 is 0 Å². The molecule has 3 N–H and O–H groups in total. The third-order valence-electron chi connectivity index (χ3n) is 6.86. The van der Waals surface area contributed by atoms with E-state index in [1.54, 1.807) is 14.2 Å². The highest BCUT2D eigenvalue weighted by Crippen LogP contribution is 2.41. The molecule has 198 valence electrons. The average molecular weight is 512 g/mol. The highest BCUT2D eigenvalue weighted by atomic mass is 16.5. The van der Waals surface area contributed by atoms with Crippen molar-refractivity contribution in [1.82, 2.24) is 0 Å². The fraction of sp³-hybridized carbons (Fsp3) is 0.273. The maximum absolute atomic E-state index is 10.8. The minimum atomic E-state index is -0.897. The molecule has 0 aliphatic rings. The zero-order chi connectivity index (χ0) is 26.8. The molecule has 0 aliphatic carbocycles. The van der Waals surface area contributed by atoms with E-state index in [1.165, 1.54) is 5.56 Å². The van der Waals surface area contributed by atoms with Gasteiger partial charge in [-0.3, -0.25) is 0 Å². The van der Waals surface area contributed by atoms with Crippen LogP contribution in [0.4, 0.5) is 0 Å². The summed E-state index contributed by atoms with van der Waals surface area (Å²) in [6.07, 6.45) is 1.11. The fourth-order valence-electron chi connectivity index (χ4n) is 4.89. The first-order chi connectivity index (χ1) is 18.5. The lowest BCUT2D eigenvalue weighted by Crippen LogP contribution is -2.34. The number of methoxy groups -OCH3 is 2. The SMILES string of the molecule is COc1ccc(C(OCCC(O)CC(N)Cc2ccccc2)(c2ccccc2)c2ccc(OC)cc2)cc1. The zero-order valence-corrected chi connectivity index (χ0v) is 22.1. The maximum atomic E-state index is 10.8. The smallest absolute Gasteiger partial charge is 0.143 e. The van der Waals surface area contributed by atoms with Gasteiger partial charge in [-0.1, -0.05) is 84.9 Å². The van der Waals surface area contributed by atoms with Gasteiger partial charge in [-0.05, 0) is 65.8 Å². The number of hydrogen-bond acceptors (Lipinski definition) is 5. The van der Waals surface area contributed by atoms with Gasteiger partial charge in [0.1, 0.15) is 17.1 Å². The number of aliphatic hydroxyl groups is 1. The Morgan fingerprint density at radius 3 is 1.66 bits per heavy atom. The third kappa shape index (κ3) is 6.62. The summed E-state index contributed by atoms with van der Waals surface area (Å²) in [4.78, 5) is 0. The van der Waals surface area contributed by atoms with Gasteiger partial charge in [-0.15, -0.1) is 0 Å². The molecule has 0 aromatic heterocycles. The molecular formula is C33H37NO4. The second kappa shape index (κ2) is 13.2. The van der Waals surface area contributed by atoms with E-state index in [4.69, 9.17) is 19.9 Å². The van der Waals surface area contributed by atoms with Crippen molar-refractivity contribution in [3.8, 4) is 11.5 Å². The highest BCUT2D eigenvalue weighted by molar-refractivity contribution is 5.49. The monoisotopic (exact) mass is 511 g/mol. The quantitative estimate of drug-likeness (QED) is 0.225. The molecule has 0 saturated heterocycles. The van der Waals surface area contributed by atoms with E-state index in [0.717, 1.165) is 34.6 Å². The summed E-state index contributed by atoms with van der Waals surface area (Å²) in [6, 6.07) is 36.0. The van der Waals surface area contributed by atoms with E-state index >= 15 is 0 Å². The van der Waals surface area contributed by atoms with Crippen LogP contribution in [0.3, 0.4) is 0 Å². The molecule has 5 nitrogen and oxygen atoms in total. The molecule has 0 spiro atoms. The molecule has 5 heteroatoms. The van der Waals surface area contributed by atoms with Gasteiger partial charge >= 0.3 is 0 Å². The molecule has 4 rings (SSSR count). The Morgan fingerprint density at radius 2 is 1.16 bits per heavy atom. The number of nitrogens with two attached hydrogens (primary N) is 1. The van der Waals surface area contributed by atoms with Gasteiger partial charge < -0.3 is 25.1 Å². The molecule has 4 aromatic carbocycles. The zero-order valence-electron chi connectivity index (χ0n) is 22.1. The Labute approximate surface area is 225 Å². The third-order valence-corrected chi connectivity index (χ3v) is 6.86. The molecule has 2 atom stereocenters. The maximum Gasteiger partial charge on any atom is 0.143 e. The summed E-state index contributed by atoms with van der Waals surface area (Å²) >= 11 is 0. The molecule has 0 radical (unpaired) electrons. The molecule has 0 aliphatic heterocycles. The molecule has 0 saturated carbocycles. The lowest BCUT2D eigenvalue weighted by atomic mass is 9.80. The summed E-state index contributed by atoms with van der Waals surface area (Å²) in [6.45, 7) is 0.339. The summed E-state index contributed by atoms with van der Waals surface area (Å²) in [5, 5.41) is 10.8. The predicted molar refractivity (Wildman–Crippen MR) is 152 cm³/mol. The first-order valence-electron chi connectivity index (χ1n) is 13.0. The van der Waals surface area contributed by atoms with Crippen LogP contribution in [0.5, 0.6) is 11.5 Å². The van der Waals surface area contributed by atoms with Crippen LogP contribution in [0.15, 0.2) is 109 Å². The standard InChI is InChI=1S/C33H37NO4/c1-36-31-17-13-27(14-18-31)33(26-11-7-4-8-12-26,28-15-19-32(37-2)20-16-28)38-22-21-30(35)24-29(34)23-25-9-5-3-6-10-25/h3-20,29-30,35H,21-24,34H2,1-2H3. The first-order valence-corrected chi connectivity index (χ1v) is 13.0. The topological polar surface area (TPSA) is 73.9 Å². The van der Waals surface area contributed by atoms with Crippen LogP contribution in [0.2, 0.25) is 0 Å². The van der Waals surface area contributed by atoms with Crippen LogP contribution in [-0.2, 0) is 16.8 Å². The van der Waals surface area contributed by atoms with Gasteiger partial charge in [0.2, 0.25) is 0 Å². The van der Waals surface area contributed by atoms with Gasteiger partial charge in [0.25, 0.3) is 0 Å². The molecule has 4 aromatic rings. The van der Waals surface area contributed by atoms with Crippen LogP contribution in [0, 0.1) is 0 Å². The van der Waals surface area contributed by atoms with E-state index < -0.39 is 11.7 Å². The van der Waals surface area contributed by atoms with E-state index in [0.29, 0.717) is 19.4 Å². The van der Waals surface area contributed by atoms with Crippen molar-refractivity contribution in [3.05, 3.63) is 131 Å². The van der Waals surface area contributed by atoms with Crippen molar-refractivity contribution in [2.45, 2.75) is 37.0 Å². The molecule has 0 bridgehead atoms. The van der Waals surface area contributed by atoms with E-state index in [1.807, 2.05) is 84.9 Å². The average Bonchev–Trinajstić information content (AvgIpc) is 2.96. The van der Waals surface area contributed by atoms with Crippen molar-refractivity contribution in [1.29, 1.82) is 0 Å². The molecule has 0 fully saturated rings. The van der Waals surface area contributed by atoms with E-state index in [-0.39, 0.29) is 6.04 Å². The number of hydrogen-bond donors (Lipinski definition) is 2. The van der Waals surface area contributed by atoms with Gasteiger partial charge in [0, 0.05) is 6.04 Å². The summed E-state index contributed by atoms with van der Waals surface area (Å²) in [5.74, 6) is 1.54. The molecule has 0 heterocycles. The van der Waals surface area contributed by atoms with Crippen molar-refractivity contribution < 1.29 is 19.3 Å². The first kappa shape index (κ1) is 27.4. The van der Waals surface area contributed by atoms with Crippen LogP contribution in [0.1, 0.15) is 35.1 Å². The number of ether oxygens (including phenoxy) is 3. The minimum Gasteiger partial charge on any atom is -0.497 e. The summed E-state index contributed by atoms with van der Waals surface area (Å²) in [7, 11) is 3.31. The molecule has 38 heavy (non-hydrogen) atoms. The Morgan fingerprint density at radius 1 is 0.684 bits per heavy atom. The molecular weight excluding hydrogens is 474 g/mol. The van der Waals surface area contributed by atoms with Crippen molar-refractivity contribution in [2.75, 3.05) is 20.8 Å². The predicted octanol–water partition coefficient (Wildman–Crippen LogP) is 5.72. The van der Waals surface area contributed by atoms with Crippen LogP contribution < -0.4 is 15.2 Å². The van der Waals surface area contributed by atoms with Gasteiger partial charge in [0.05, 0.1) is 26.9 Å². The lowest BCUT2D eigenvalue weighted by Gasteiger charge is -2.36. The van der Waals surface area contributed by atoms with Crippen molar-refractivity contribution in [3.63, 3.8) is 0 Å². The summed E-state index contributed by atoms with van der Waals surface area (Å²) in [5.41, 5.74) is 9.56. The summed E-state index contributed by atoms with van der Waals surface area (Å²) < 4.78 is 17.6. The highest BCUT2D eigenvalue weighted by Gasteiger charge is 2.38. The van der Waals surface area contributed by atoms with E-state index in [9.17, 15) is 5.11 Å². The second-order valence-corrected chi connectivity index (χ2v) is 9.48. The Hall–Kier alpha value is -3.64.